The molecule has 160 valence electrons. The quantitative estimate of drug-likeness (QED) is 0.675. The molecule has 2 aliphatic rings. The molecule has 2 aromatic heterocycles. The number of imidazole rings is 1. The van der Waals surface area contributed by atoms with E-state index in [4.69, 9.17) is 14.6 Å². The lowest BCUT2D eigenvalue weighted by molar-refractivity contribution is -0.0293. The molecule has 1 aliphatic heterocycles. The Morgan fingerprint density at radius 2 is 1.94 bits per heavy atom. The summed E-state index contributed by atoms with van der Waals surface area (Å²) in [4.78, 5) is 19.4. The number of benzene rings is 1. The number of aryl methyl sites for hydroxylation is 1. The number of hydrogen-bond donors (Lipinski definition) is 1. The maximum atomic E-state index is 13.9. The largest absolute Gasteiger partial charge is 0.479 e. The van der Waals surface area contributed by atoms with Gasteiger partial charge in [0.05, 0.1) is 19.1 Å². The lowest BCUT2D eigenvalue weighted by Crippen LogP contribution is -2.40. The Bertz CT molecular complexity index is 1140. The lowest BCUT2D eigenvalue weighted by atomic mass is 9.97. The summed E-state index contributed by atoms with van der Waals surface area (Å²) >= 11 is 0. The Balaban J connectivity index is 1.53. The Morgan fingerprint density at radius 1 is 1.16 bits per heavy atom. The highest BCUT2D eigenvalue weighted by atomic mass is 19.1. The Labute approximate surface area is 177 Å². The van der Waals surface area contributed by atoms with Gasteiger partial charge in [-0.1, -0.05) is 0 Å². The third-order valence-corrected chi connectivity index (χ3v) is 5.45. The van der Waals surface area contributed by atoms with Crippen LogP contribution in [-0.2, 0) is 4.84 Å². The molecule has 1 aliphatic carbocycles. The predicted octanol–water partition coefficient (Wildman–Crippen LogP) is 3.66. The van der Waals surface area contributed by atoms with Gasteiger partial charge in [-0.2, -0.15) is 0 Å². The van der Waals surface area contributed by atoms with Crippen molar-refractivity contribution in [2.24, 2.45) is 10.9 Å². The third-order valence-electron chi connectivity index (χ3n) is 5.45. The van der Waals surface area contributed by atoms with Crippen LogP contribution in [0.3, 0.4) is 0 Å². The van der Waals surface area contributed by atoms with Crippen molar-refractivity contribution in [1.82, 2.24) is 20.0 Å². The number of nitrogens with one attached hydrogen (secondary N) is 1. The predicted molar refractivity (Wildman–Crippen MR) is 109 cm³/mol. The van der Waals surface area contributed by atoms with E-state index < -0.39 is 17.7 Å². The number of halogens is 2. The number of hydroxylamine groups is 1. The third kappa shape index (κ3) is 3.88. The molecule has 3 aromatic rings. The first kappa shape index (κ1) is 19.6. The van der Waals surface area contributed by atoms with E-state index in [-0.39, 0.29) is 6.10 Å². The van der Waals surface area contributed by atoms with E-state index in [1.165, 1.54) is 19.2 Å². The van der Waals surface area contributed by atoms with Crippen LogP contribution in [0.4, 0.5) is 8.78 Å². The number of amidine groups is 1. The fourth-order valence-electron chi connectivity index (χ4n) is 3.80. The van der Waals surface area contributed by atoms with Gasteiger partial charge in [0.2, 0.25) is 5.88 Å². The number of methoxy groups -OCH3 is 1. The first-order valence-corrected chi connectivity index (χ1v) is 10.0. The van der Waals surface area contributed by atoms with E-state index in [1.807, 2.05) is 23.8 Å². The number of hydrogen-bond acceptors (Lipinski definition) is 6. The standard InChI is InChI=1S/C22H21F2N5O2/c1-12-10-29(11-25-12)18-6-5-17(26-22(18)30-2)21-27-19(20(31-28-21)13-3-4-13)14-7-15(23)9-16(24)8-14/h5-11,13,19-20H,3-4H2,1-2H3,(H,27,28). The minimum atomic E-state index is -0.639. The van der Waals surface area contributed by atoms with Gasteiger partial charge < -0.3 is 9.30 Å². The van der Waals surface area contributed by atoms with E-state index in [0.717, 1.165) is 30.3 Å². The van der Waals surface area contributed by atoms with E-state index in [0.29, 0.717) is 28.9 Å². The van der Waals surface area contributed by atoms with Crippen molar-refractivity contribution in [2.45, 2.75) is 31.9 Å². The van der Waals surface area contributed by atoms with Crippen molar-refractivity contribution >= 4 is 5.84 Å². The molecular formula is C22H21F2N5O2. The molecule has 31 heavy (non-hydrogen) atoms. The van der Waals surface area contributed by atoms with Crippen LogP contribution in [0.15, 0.2) is 47.8 Å². The van der Waals surface area contributed by atoms with Gasteiger partial charge in [-0.05, 0) is 55.5 Å². The average molecular weight is 425 g/mol. The first-order valence-electron chi connectivity index (χ1n) is 10.0. The second-order valence-electron chi connectivity index (χ2n) is 7.79. The topological polar surface area (TPSA) is 73.6 Å². The number of aliphatic imine (C=N–C) groups is 1. The Morgan fingerprint density at radius 3 is 2.58 bits per heavy atom. The van der Waals surface area contributed by atoms with Crippen LogP contribution < -0.4 is 10.2 Å². The molecule has 0 spiro atoms. The molecule has 2 unspecified atom stereocenters. The summed E-state index contributed by atoms with van der Waals surface area (Å²) in [6.45, 7) is 1.90. The van der Waals surface area contributed by atoms with E-state index in [1.54, 1.807) is 12.4 Å². The van der Waals surface area contributed by atoms with Crippen LogP contribution in [0.25, 0.3) is 5.69 Å². The average Bonchev–Trinajstić information content (AvgIpc) is 3.52. The number of ether oxygens (including phenoxy) is 1. The summed E-state index contributed by atoms with van der Waals surface area (Å²) < 4.78 is 35.0. The van der Waals surface area contributed by atoms with Gasteiger partial charge in [0.1, 0.15) is 35.2 Å². The molecule has 0 bridgehead atoms. The van der Waals surface area contributed by atoms with Crippen molar-refractivity contribution in [2.75, 3.05) is 7.11 Å². The van der Waals surface area contributed by atoms with Gasteiger partial charge in [-0.15, -0.1) is 0 Å². The maximum absolute atomic E-state index is 13.9. The van der Waals surface area contributed by atoms with Gasteiger partial charge >= 0.3 is 0 Å². The molecule has 1 fully saturated rings. The lowest BCUT2D eigenvalue weighted by Gasteiger charge is -2.30. The summed E-state index contributed by atoms with van der Waals surface area (Å²) in [6.07, 6.45) is 5.24. The molecule has 7 nitrogen and oxygen atoms in total. The Hall–Kier alpha value is -3.33. The van der Waals surface area contributed by atoms with Gasteiger partial charge in [0.15, 0.2) is 5.84 Å². The molecule has 3 heterocycles. The van der Waals surface area contributed by atoms with Crippen LogP contribution in [0.5, 0.6) is 5.88 Å². The summed E-state index contributed by atoms with van der Waals surface area (Å²) in [5.41, 5.74) is 5.40. The normalized spacial score (nSPS) is 20.8. The highest BCUT2D eigenvalue weighted by Crippen LogP contribution is 2.42. The van der Waals surface area contributed by atoms with Crippen LogP contribution in [0.1, 0.15) is 35.8 Å². The molecule has 0 amide bonds. The fraction of sp³-hybridized carbons (Fsp3) is 0.318. The van der Waals surface area contributed by atoms with Crippen molar-refractivity contribution in [3.05, 3.63) is 71.4 Å². The summed E-state index contributed by atoms with van der Waals surface area (Å²) in [5.74, 6) is -0.224. The molecule has 1 N–H and O–H groups in total. The fourth-order valence-corrected chi connectivity index (χ4v) is 3.80. The van der Waals surface area contributed by atoms with Crippen LogP contribution in [0.2, 0.25) is 0 Å². The highest BCUT2D eigenvalue weighted by molar-refractivity contribution is 5.97. The smallest absolute Gasteiger partial charge is 0.238 e. The summed E-state index contributed by atoms with van der Waals surface area (Å²) in [6, 6.07) is 6.54. The molecule has 5 rings (SSSR count). The van der Waals surface area contributed by atoms with Crippen LogP contribution >= 0.6 is 0 Å². The number of nitrogens with zero attached hydrogens (tertiary/aromatic N) is 4. The summed E-state index contributed by atoms with van der Waals surface area (Å²) in [5, 5.41) is 0. The second kappa shape index (κ2) is 7.73. The van der Waals surface area contributed by atoms with Crippen LogP contribution in [-0.4, -0.2) is 33.6 Å². The number of rotatable bonds is 5. The number of pyridine rings is 1. The van der Waals surface area contributed by atoms with Crippen molar-refractivity contribution < 1.29 is 18.4 Å². The molecule has 2 atom stereocenters. The van der Waals surface area contributed by atoms with E-state index in [2.05, 4.69) is 15.4 Å². The van der Waals surface area contributed by atoms with Gasteiger partial charge in [-0.3, -0.25) is 9.83 Å². The molecule has 1 aromatic carbocycles. The summed E-state index contributed by atoms with van der Waals surface area (Å²) in [7, 11) is 1.54. The zero-order chi connectivity index (χ0) is 21.5. The SMILES string of the molecule is COc1nc(C2=NC(c3cc(F)cc(F)c3)C(C3CC3)ON2)ccc1-n1cnc(C)c1. The molecule has 1 saturated carbocycles. The van der Waals surface area contributed by atoms with Gasteiger partial charge in [0, 0.05) is 12.3 Å². The molecular weight excluding hydrogens is 404 g/mol. The highest BCUT2D eigenvalue weighted by Gasteiger charge is 2.41. The van der Waals surface area contributed by atoms with E-state index >= 15 is 0 Å². The molecule has 9 heteroatoms. The monoisotopic (exact) mass is 425 g/mol. The number of aromatic nitrogens is 3. The molecule has 0 saturated heterocycles. The van der Waals surface area contributed by atoms with Crippen molar-refractivity contribution in [3.8, 4) is 11.6 Å². The van der Waals surface area contributed by atoms with Crippen LogP contribution in [0, 0.1) is 24.5 Å². The Kier molecular flexibility index (Phi) is 4.90. The van der Waals surface area contributed by atoms with Gasteiger partial charge in [-0.25, -0.2) is 24.2 Å². The van der Waals surface area contributed by atoms with Gasteiger partial charge in [0.25, 0.3) is 0 Å². The molecule has 0 radical (unpaired) electrons. The van der Waals surface area contributed by atoms with E-state index in [9.17, 15) is 8.78 Å². The zero-order valence-electron chi connectivity index (χ0n) is 17.0. The first-order chi connectivity index (χ1) is 15.0. The van der Waals surface area contributed by atoms with Crippen molar-refractivity contribution in [3.63, 3.8) is 0 Å². The second-order valence-corrected chi connectivity index (χ2v) is 7.79. The maximum Gasteiger partial charge on any atom is 0.238 e. The zero-order valence-corrected chi connectivity index (χ0v) is 17.0. The minimum absolute atomic E-state index is 0.295. The minimum Gasteiger partial charge on any atom is -0.479 e. The van der Waals surface area contributed by atoms with Crippen molar-refractivity contribution in [1.29, 1.82) is 0 Å².